The largest absolute Gasteiger partial charge is 0.353 e. The van der Waals surface area contributed by atoms with Crippen molar-refractivity contribution in [2.75, 3.05) is 11.5 Å². The lowest BCUT2D eigenvalue weighted by Crippen LogP contribution is -2.10. The molecule has 0 amide bonds. The van der Waals surface area contributed by atoms with Gasteiger partial charge in [-0.25, -0.2) is 8.42 Å². The number of sulfone groups is 1. The Balaban J connectivity index is 2.46. The van der Waals surface area contributed by atoms with E-state index >= 15 is 0 Å². The first-order valence-electron chi connectivity index (χ1n) is 5.32. The third-order valence-corrected chi connectivity index (χ3v) is 4.26. The molecule has 0 aromatic carbocycles. The van der Waals surface area contributed by atoms with E-state index in [0.29, 0.717) is 18.5 Å². The zero-order chi connectivity index (χ0) is 12.2. The third-order valence-electron chi connectivity index (χ3n) is 2.47. The van der Waals surface area contributed by atoms with Crippen molar-refractivity contribution >= 4 is 15.6 Å². The van der Waals surface area contributed by atoms with Gasteiger partial charge in [-0.05, 0) is 19.4 Å². The van der Waals surface area contributed by atoms with Gasteiger partial charge in [0.2, 0.25) is 0 Å². The molecule has 1 heterocycles. The van der Waals surface area contributed by atoms with Crippen LogP contribution < -0.4 is 0 Å². The lowest BCUT2D eigenvalue weighted by molar-refractivity contribution is 0.101. The second-order valence-corrected chi connectivity index (χ2v) is 6.26. The number of carbonyl (C=O) groups is 1. The fourth-order valence-electron chi connectivity index (χ4n) is 1.40. The molecule has 1 aromatic rings. The second kappa shape index (κ2) is 5.30. The van der Waals surface area contributed by atoms with Gasteiger partial charge in [0.15, 0.2) is 5.78 Å². The van der Waals surface area contributed by atoms with Crippen molar-refractivity contribution in [2.24, 2.45) is 0 Å². The Labute approximate surface area is 96.2 Å². The molecular weight excluding hydrogens is 226 g/mol. The van der Waals surface area contributed by atoms with Gasteiger partial charge in [-0.1, -0.05) is 6.92 Å². The Kier molecular flexibility index (Phi) is 4.29. The monoisotopic (exact) mass is 243 g/mol. The van der Waals surface area contributed by atoms with Gasteiger partial charge >= 0.3 is 0 Å². The molecule has 0 spiro atoms. The fourth-order valence-corrected chi connectivity index (χ4v) is 2.26. The van der Waals surface area contributed by atoms with Gasteiger partial charge < -0.3 is 4.57 Å². The minimum Gasteiger partial charge on any atom is -0.353 e. The van der Waals surface area contributed by atoms with E-state index < -0.39 is 9.84 Å². The summed E-state index contributed by atoms with van der Waals surface area (Å²) in [6.07, 6.45) is 4.14. The standard InChI is InChI=1S/C11H17NO3S/c1-3-16(14,15)8-4-6-12-7-5-11(9-12)10(2)13/h5,7,9H,3-4,6,8H2,1-2H3. The van der Waals surface area contributed by atoms with Crippen LogP contribution in [0.25, 0.3) is 0 Å². The van der Waals surface area contributed by atoms with Crippen molar-refractivity contribution in [2.45, 2.75) is 26.8 Å². The van der Waals surface area contributed by atoms with Crippen molar-refractivity contribution in [1.29, 1.82) is 0 Å². The number of aromatic nitrogens is 1. The van der Waals surface area contributed by atoms with Gasteiger partial charge in [0.25, 0.3) is 0 Å². The molecular formula is C11H17NO3S. The van der Waals surface area contributed by atoms with Crippen LogP contribution in [0.3, 0.4) is 0 Å². The Morgan fingerprint density at radius 2 is 2.12 bits per heavy atom. The molecule has 5 heteroatoms. The first kappa shape index (κ1) is 13.0. The minimum atomic E-state index is -2.88. The zero-order valence-electron chi connectivity index (χ0n) is 9.64. The number of nitrogens with zero attached hydrogens (tertiary/aromatic N) is 1. The van der Waals surface area contributed by atoms with Crippen LogP contribution in [0.4, 0.5) is 0 Å². The maximum absolute atomic E-state index is 11.2. The quantitative estimate of drug-likeness (QED) is 0.712. The van der Waals surface area contributed by atoms with E-state index in [0.717, 1.165) is 0 Å². The molecule has 0 atom stereocenters. The van der Waals surface area contributed by atoms with Gasteiger partial charge in [-0.3, -0.25) is 4.79 Å². The first-order valence-corrected chi connectivity index (χ1v) is 7.14. The van der Waals surface area contributed by atoms with Crippen molar-refractivity contribution in [3.05, 3.63) is 24.0 Å². The van der Waals surface area contributed by atoms with Crippen LogP contribution >= 0.6 is 0 Å². The molecule has 0 aliphatic rings. The van der Waals surface area contributed by atoms with Gasteiger partial charge in [0.05, 0.1) is 5.75 Å². The van der Waals surface area contributed by atoms with E-state index in [1.165, 1.54) is 6.92 Å². The van der Waals surface area contributed by atoms with Gasteiger partial charge in [-0.15, -0.1) is 0 Å². The molecule has 0 saturated heterocycles. The molecule has 0 unspecified atom stereocenters. The average Bonchev–Trinajstić information content (AvgIpc) is 2.66. The summed E-state index contributed by atoms with van der Waals surface area (Å²) in [6, 6.07) is 1.75. The molecule has 1 rings (SSSR count). The second-order valence-electron chi connectivity index (χ2n) is 3.78. The van der Waals surface area contributed by atoms with E-state index in [-0.39, 0.29) is 17.3 Å². The number of aryl methyl sites for hydroxylation is 1. The average molecular weight is 243 g/mol. The number of rotatable bonds is 6. The summed E-state index contributed by atoms with van der Waals surface area (Å²) in [5, 5.41) is 0. The molecule has 1 aromatic heterocycles. The summed E-state index contributed by atoms with van der Waals surface area (Å²) in [5.74, 6) is 0.425. The Hall–Kier alpha value is -1.10. The molecule has 0 saturated carbocycles. The van der Waals surface area contributed by atoms with E-state index in [4.69, 9.17) is 0 Å². The molecule has 0 bridgehead atoms. The molecule has 16 heavy (non-hydrogen) atoms. The summed E-state index contributed by atoms with van der Waals surface area (Å²) >= 11 is 0. The van der Waals surface area contributed by atoms with E-state index in [1.54, 1.807) is 25.4 Å². The smallest absolute Gasteiger partial charge is 0.161 e. The van der Waals surface area contributed by atoms with Crippen molar-refractivity contribution < 1.29 is 13.2 Å². The summed E-state index contributed by atoms with van der Waals surface area (Å²) in [7, 11) is -2.88. The van der Waals surface area contributed by atoms with E-state index in [2.05, 4.69) is 0 Å². The van der Waals surface area contributed by atoms with Gasteiger partial charge in [0.1, 0.15) is 9.84 Å². The molecule has 0 aliphatic carbocycles. The van der Waals surface area contributed by atoms with Crippen LogP contribution in [0.5, 0.6) is 0 Å². The SMILES string of the molecule is CCS(=O)(=O)CCCn1ccc(C(C)=O)c1. The Morgan fingerprint density at radius 3 is 2.62 bits per heavy atom. The zero-order valence-corrected chi connectivity index (χ0v) is 10.5. The molecule has 90 valence electrons. The Morgan fingerprint density at radius 1 is 1.44 bits per heavy atom. The number of hydrogen-bond donors (Lipinski definition) is 0. The highest BCUT2D eigenvalue weighted by Gasteiger charge is 2.07. The lowest BCUT2D eigenvalue weighted by Gasteiger charge is -2.02. The number of carbonyl (C=O) groups excluding carboxylic acids is 1. The van der Waals surface area contributed by atoms with Gasteiger partial charge in [0, 0.05) is 30.3 Å². The van der Waals surface area contributed by atoms with Crippen LogP contribution in [0.2, 0.25) is 0 Å². The highest BCUT2D eigenvalue weighted by molar-refractivity contribution is 7.91. The van der Waals surface area contributed by atoms with Crippen LogP contribution in [0.15, 0.2) is 18.5 Å². The van der Waals surface area contributed by atoms with Crippen molar-refractivity contribution in [1.82, 2.24) is 4.57 Å². The molecule has 0 radical (unpaired) electrons. The third kappa shape index (κ3) is 3.81. The van der Waals surface area contributed by atoms with Crippen molar-refractivity contribution in [3.63, 3.8) is 0 Å². The predicted molar refractivity (Wildman–Crippen MR) is 63.4 cm³/mol. The summed E-state index contributed by atoms with van der Waals surface area (Å²) < 4.78 is 24.3. The van der Waals surface area contributed by atoms with Crippen LogP contribution in [-0.2, 0) is 16.4 Å². The minimum absolute atomic E-state index is 0.0277. The molecule has 0 aliphatic heterocycles. The highest BCUT2D eigenvalue weighted by atomic mass is 32.2. The number of Topliss-reactive ketones (excluding diaryl/α,β-unsaturated/α-hetero) is 1. The molecule has 0 N–H and O–H groups in total. The molecule has 4 nitrogen and oxygen atoms in total. The van der Waals surface area contributed by atoms with E-state index in [9.17, 15) is 13.2 Å². The van der Waals surface area contributed by atoms with E-state index in [1.807, 2.05) is 4.57 Å². The molecule has 0 fully saturated rings. The maximum Gasteiger partial charge on any atom is 0.161 e. The summed E-state index contributed by atoms with van der Waals surface area (Å²) in [4.78, 5) is 11.0. The Bertz CT molecular complexity index is 459. The number of ketones is 1. The van der Waals surface area contributed by atoms with Crippen LogP contribution in [0, 0.1) is 0 Å². The summed E-state index contributed by atoms with van der Waals surface area (Å²) in [5.41, 5.74) is 0.665. The topological polar surface area (TPSA) is 56.1 Å². The number of hydrogen-bond acceptors (Lipinski definition) is 3. The predicted octanol–water partition coefficient (Wildman–Crippen LogP) is 1.52. The summed E-state index contributed by atoms with van der Waals surface area (Å²) in [6.45, 7) is 3.80. The van der Waals surface area contributed by atoms with Gasteiger partial charge in [-0.2, -0.15) is 0 Å². The van der Waals surface area contributed by atoms with Crippen LogP contribution in [-0.4, -0.2) is 30.3 Å². The normalized spacial score (nSPS) is 11.6. The fraction of sp³-hybridized carbons (Fsp3) is 0.545. The first-order chi connectivity index (χ1) is 7.44. The lowest BCUT2D eigenvalue weighted by atomic mass is 10.2. The maximum atomic E-state index is 11.2. The highest BCUT2D eigenvalue weighted by Crippen LogP contribution is 2.04. The van der Waals surface area contributed by atoms with Crippen molar-refractivity contribution in [3.8, 4) is 0 Å². The van der Waals surface area contributed by atoms with Crippen LogP contribution in [0.1, 0.15) is 30.6 Å².